The van der Waals surface area contributed by atoms with Crippen molar-refractivity contribution in [1.82, 2.24) is 14.9 Å². The van der Waals surface area contributed by atoms with Gasteiger partial charge in [-0.15, -0.1) is 0 Å². The van der Waals surface area contributed by atoms with Gasteiger partial charge in [0.2, 0.25) is 5.91 Å². The van der Waals surface area contributed by atoms with E-state index in [1.165, 1.54) is 32.1 Å². The van der Waals surface area contributed by atoms with Crippen molar-refractivity contribution in [2.75, 3.05) is 0 Å². The van der Waals surface area contributed by atoms with Crippen LogP contribution in [0, 0.1) is 5.92 Å². The van der Waals surface area contributed by atoms with Gasteiger partial charge in [0, 0.05) is 18.0 Å². The Labute approximate surface area is 183 Å². The van der Waals surface area contributed by atoms with Gasteiger partial charge in [0.15, 0.2) is 0 Å². The van der Waals surface area contributed by atoms with Crippen molar-refractivity contribution >= 4 is 28.5 Å². The van der Waals surface area contributed by atoms with Gasteiger partial charge in [0.1, 0.15) is 5.82 Å². The molecule has 1 N–H and O–H groups in total. The zero-order valence-corrected chi connectivity index (χ0v) is 18.4. The molecule has 5 heteroatoms. The predicted molar refractivity (Wildman–Crippen MR) is 123 cm³/mol. The van der Waals surface area contributed by atoms with Crippen molar-refractivity contribution in [3.63, 3.8) is 0 Å². The largest absolute Gasteiger partial charge is 0.346 e. The summed E-state index contributed by atoms with van der Waals surface area (Å²) in [6, 6.07) is 16.0. The molecule has 0 saturated heterocycles. The van der Waals surface area contributed by atoms with Crippen molar-refractivity contribution in [3.8, 4) is 0 Å². The van der Waals surface area contributed by atoms with Gasteiger partial charge in [-0.3, -0.25) is 4.79 Å². The Hall–Kier alpha value is -2.33. The van der Waals surface area contributed by atoms with Crippen molar-refractivity contribution in [1.29, 1.82) is 0 Å². The van der Waals surface area contributed by atoms with Gasteiger partial charge in [-0.25, -0.2) is 4.98 Å². The molecule has 3 aromatic rings. The van der Waals surface area contributed by atoms with Crippen LogP contribution in [0.25, 0.3) is 11.0 Å². The highest BCUT2D eigenvalue weighted by Gasteiger charge is 2.23. The minimum absolute atomic E-state index is 0.0965. The third kappa shape index (κ3) is 4.86. The number of nitrogens with zero attached hydrogens (tertiary/aromatic N) is 2. The average molecular weight is 424 g/mol. The molecule has 1 unspecified atom stereocenters. The summed E-state index contributed by atoms with van der Waals surface area (Å²) >= 11 is 6.06. The molecule has 1 atom stereocenters. The van der Waals surface area contributed by atoms with Crippen LogP contribution in [0.5, 0.6) is 0 Å². The molecule has 1 saturated carbocycles. The summed E-state index contributed by atoms with van der Waals surface area (Å²) in [6.07, 6.45) is 7.62. The van der Waals surface area contributed by atoms with E-state index in [1.54, 1.807) is 0 Å². The number of hydrogen-bond acceptors (Lipinski definition) is 2. The van der Waals surface area contributed by atoms with E-state index in [9.17, 15) is 4.79 Å². The van der Waals surface area contributed by atoms with Gasteiger partial charge >= 0.3 is 0 Å². The molecule has 4 rings (SSSR count). The Morgan fingerprint density at radius 1 is 1.13 bits per heavy atom. The molecule has 2 aromatic carbocycles. The summed E-state index contributed by atoms with van der Waals surface area (Å²) in [5.74, 6) is 1.61. The van der Waals surface area contributed by atoms with E-state index in [-0.39, 0.29) is 11.9 Å². The van der Waals surface area contributed by atoms with E-state index in [1.807, 2.05) is 42.5 Å². The van der Waals surface area contributed by atoms with Gasteiger partial charge in [-0.2, -0.15) is 0 Å². The number of aromatic nitrogens is 2. The number of carbonyl (C=O) groups is 1. The zero-order valence-electron chi connectivity index (χ0n) is 17.6. The molecule has 0 radical (unpaired) electrons. The number of para-hydroxylation sites is 2. The summed E-state index contributed by atoms with van der Waals surface area (Å²) in [5.41, 5.74) is 3.20. The lowest BCUT2D eigenvalue weighted by Crippen LogP contribution is -2.32. The maximum atomic E-state index is 12.8. The van der Waals surface area contributed by atoms with Crippen LogP contribution >= 0.6 is 11.6 Å². The lowest BCUT2D eigenvalue weighted by molar-refractivity contribution is -0.123. The molecule has 30 heavy (non-hydrogen) atoms. The Kier molecular flexibility index (Phi) is 6.73. The van der Waals surface area contributed by atoms with Gasteiger partial charge in [0.25, 0.3) is 0 Å². The minimum Gasteiger partial charge on any atom is -0.346 e. The van der Waals surface area contributed by atoms with Crippen LogP contribution in [-0.2, 0) is 11.3 Å². The average Bonchev–Trinajstić information content (AvgIpc) is 3.12. The summed E-state index contributed by atoms with van der Waals surface area (Å²) in [6.45, 7) is 2.81. The number of imidazole rings is 1. The van der Waals surface area contributed by atoms with Gasteiger partial charge in [-0.05, 0) is 55.0 Å². The molecular formula is C25H30ClN3O. The highest BCUT2D eigenvalue weighted by atomic mass is 35.5. The number of carbonyl (C=O) groups excluding carboxylic acids is 1. The first kappa shape index (κ1) is 20.9. The maximum Gasteiger partial charge on any atom is 0.220 e. The normalized spacial score (nSPS) is 15.9. The van der Waals surface area contributed by atoms with Crippen LogP contribution in [0.4, 0.5) is 0 Å². The molecule has 1 aliphatic rings. The lowest BCUT2D eigenvalue weighted by Gasteiger charge is -2.23. The predicted octanol–water partition coefficient (Wildman–Crippen LogP) is 6.28. The zero-order chi connectivity index (χ0) is 20.9. The van der Waals surface area contributed by atoms with E-state index >= 15 is 0 Å². The Balaban J connectivity index is 1.59. The van der Waals surface area contributed by atoms with Crippen LogP contribution in [-0.4, -0.2) is 15.5 Å². The molecule has 4 nitrogen and oxygen atoms in total. The number of fused-ring (bicyclic) bond motifs is 1. The number of amides is 1. The van der Waals surface area contributed by atoms with Crippen molar-refractivity contribution in [2.24, 2.45) is 5.92 Å². The minimum atomic E-state index is -0.0965. The fraction of sp³-hybridized carbons (Fsp3) is 0.440. The highest BCUT2D eigenvalue weighted by molar-refractivity contribution is 6.30. The first-order chi connectivity index (χ1) is 14.6. The second-order valence-electron chi connectivity index (χ2n) is 8.41. The molecule has 0 aliphatic heterocycles. The van der Waals surface area contributed by atoms with Gasteiger partial charge in [0.05, 0.1) is 17.1 Å². The molecule has 1 aromatic heterocycles. The lowest BCUT2D eigenvalue weighted by atomic mass is 9.87. The van der Waals surface area contributed by atoms with E-state index in [4.69, 9.17) is 16.6 Å². The highest BCUT2D eigenvalue weighted by Crippen LogP contribution is 2.28. The molecule has 158 valence electrons. The van der Waals surface area contributed by atoms with Crippen molar-refractivity contribution in [2.45, 2.75) is 64.5 Å². The second kappa shape index (κ2) is 9.65. The topological polar surface area (TPSA) is 46.9 Å². The van der Waals surface area contributed by atoms with Gasteiger partial charge < -0.3 is 9.88 Å². The number of nitrogens with one attached hydrogen (secondary N) is 1. The van der Waals surface area contributed by atoms with E-state index in [0.717, 1.165) is 33.9 Å². The Bertz CT molecular complexity index is 989. The van der Waals surface area contributed by atoms with Crippen LogP contribution < -0.4 is 5.32 Å². The van der Waals surface area contributed by atoms with Crippen LogP contribution in [0.1, 0.15) is 69.3 Å². The van der Waals surface area contributed by atoms with Crippen molar-refractivity contribution < 1.29 is 4.79 Å². The fourth-order valence-corrected chi connectivity index (χ4v) is 4.68. The summed E-state index contributed by atoms with van der Waals surface area (Å²) in [5, 5.41) is 4.02. The molecular weight excluding hydrogens is 394 g/mol. The first-order valence-electron chi connectivity index (χ1n) is 11.1. The molecule has 1 fully saturated rings. The quantitative estimate of drug-likeness (QED) is 0.486. The molecule has 0 bridgehead atoms. The Morgan fingerprint density at radius 2 is 1.87 bits per heavy atom. The molecule has 1 heterocycles. The molecule has 1 aliphatic carbocycles. The summed E-state index contributed by atoms with van der Waals surface area (Å²) < 4.78 is 2.23. The Morgan fingerprint density at radius 3 is 2.60 bits per heavy atom. The van der Waals surface area contributed by atoms with E-state index < -0.39 is 0 Å². The smallest absolute Gasteiger partial charge is 0.220 e. The summed E-state index contributed by atoms with van der Waals surface area (Å²) in [4.78, 5) is 17.7. The van der Waals surface area contributed by atoms with Crippen LogP contribution in [0.15, 0.2) is 48.5 Å². The number of hydrogen-bond donors (Lipinski definition) is 1. The van der Waals surface area contributed by atoms with E-state index in [2.05, 4.69) is 22.9 Å². The molecule has 0 spiro atoms. The number of halogens is 1. The molecule has 1 amide bonds. The van der Waals surface area contributed by atoms with Crippen molar-refractivity contribution in [3.05, 3.63) is 64.9 Å². The third-order valence-corrected chi connectivity index (χ3v) is 6.44. The first-order valence-corrected chi connectivity index (χ1v) is 11.5. The van der Waals surface area contributed by atoms with Gasteiger partial charge in [-0.1, -0.05) is 62.1 Å². The number of rotatable bonds is 7. The van der Waals surface area contributed by atoms with Crippen LogP contribution in [0.3, 0.4) is 0 Å². The maximum absolute atomic E-state index is 12.8. The SMILES string of the molecule is CCC(NC(=O)CC1CCCCC1)c1nc2ccccc2n1Cc1ccc(Cl)cc1. The van der Waals surface area contributed by atoms with Crippen LogP contribution in [0.2, 0.25) is 5.02 Å². The fourth-order valence-electron chi connectivity index (χ4n) is 4.55. The summed E-state index contributed by atoms with van der Waals surface area (Å²) in [7, 11) is 0. The standard InChI is InChI=1S/C25H30ClN3O/c1-2-21(27-24(30)16-18-8-4-3-5-9-18)25-28-22-10-6-7-11-23(22)29(25)17-19-12-14-20(26)15-13-19/h6-7,10-15,18,21H,2-5,8-9,16-17H2,1H3,(H,27,30). The second-order valence-corrected chi connectivity index (χ2v) is 8.84. The monoisotopic (exact) mass is 423 g/mol. The number of benzene rings is 2. The third-order valence-electron chi connectivity index (χ3n) is 6.19. The van der Waals surface area contributed by atoms with E-state index in [0.29, 0.717) is 18.9 Å².